The molecule has 24 heavy (non-hydrogen) atoms. The standard InChI is InChI=1S/C21H26O3/c1-14-3-4-16-5-6-17(18(16)19(14)23-2)20(22)24-13-21-10-7-15(8-11-21)9-12-21/h3-4,6,15H,5,7-13H2,1-2H3. The van der Waals surface area contributed by atoms with E-state index < -0.39 is 0 Å². The van der Waals surface area contributed by atoms with Gasteiger partial charge in [-0.1, -0.05) is 18.2 Å². The molecule has 0 N–H and O–H groups in total. The number of hydrogen-bond acceptors (Lipinski definition) is 3. The van der Waals surface area contributed by atoms with Crippen molar-refractivity contribution in [3.05, 3.63) is 34.9 Å². The van der Waals surface area contributed by atoms with E-state index in [1.807, 2.05) is 13.0 Å². The molecule has 4 aliphatic carbocycles. The van der Waals surface area contributed by atoms with E-state index in [0.717, 1.165) is 34.8 Å². The van der Waals surface area contributed by atoms with Crippen molar-refractivity contribution >= 4 is 11.5 Å². The van der Waals surface area contributed by atoms with Crippen LogP contribution in [-0.4, -0.2) is 19.7 Å². The van der Waals surface area contributed by atoms with E-state index in [2.05, 4.69) is 12.1 Å². The zero-order valence-electron chi connectivity index (χ0n) is 14.7. The van der Waals surface area contributed by atoms with E-state index in [4.69, 9.17) is 9.47 Å². The summed E-state index contributed by atoms with van der Waals surface area (Å²) in [6.45, 7) is 2.60. The fourth-order valence-electron chi connectivity index (χ4n) is 4.81. The fourth-order valence-corrected chi connectivity index (χ4v) is 4.81. The van der Waals surface area contributed by atoms with Gasteiger partial charge in [-0.05, 0) is 68.9 Å². The van der Waals surface area contributed by atoms with Crippen molar-refractivity contribution in [2.24, 2.45) is 11.3 Å². The maximum absolute atomic E-state index is 12.8. The van der Waals surface area contributed by atoms with E-state index in [1.54, 1.807) is 7.11 Å². The van der Waals surface area contributed by atoms with Crippen LogP contribution < -0.4 is 4.74 Å². The van der Waals surface area contributed by atoms with Gasteiger partial charge in [-0.25, -0.2) is 4.79 Å². The van der Waals surface area contributed by atoms with Gasteiger partial charge >= 0.3 is 5.97 Å². The second kappa shape index (κ2) is 5.94. The summed E-state index contributed by atoms with van der Waals surface area (Å²) in [7, 11) is 1.67. The topological polar surface area (TPSA) is 35.5 Å². The van der Waals surface area contributed by atoms with Crippen molar-refractivity contribution in [3.63, 3.8) is 0 Å². The summed E-state index contributed by atoms with van der Waals surface area (Å²) in [6.07, 6.45) is 10.4. The van der Waals surface area contributed by atoms with Gasteiger partial charge in [0.25, 0.3) is 0 Å². The van der Waals surface area contributed by atoms with Crippen LogP contribution in [0.25, 0.3) is 5.57 Å². The normalized spacial score (nSPS) is 27.6. The first-order valence-corrected chi connectivity index (χ1v) is 9.16. The van der Waals surface area contributed by atoms with E-state index in [9.17, 15) is 4.79 Å². The van der Waals surface area contributed by atoms with Crippen molar-refractivity contribution in [1.29, 1.82) is 0 Å². The highest BCUT2D eigenvalue weighted by Crippen LogP contribution is 2.50. The van der Waals surface area contributed by atoms with Crippen molar-refractivity contribution in [2.45, 2.75) is 51.9 Å². The molecule has 3 heteroatoms. The number of allylic oxidation sites excluding steroid dienone is 1. The van der Waals surface area contributed by atoms with Crippen molar-refractivity contribution in [1.82, 2.24) is 0 Å². The molecule has 0 aliphatic heterocycles. The average Bonchev–Trinajstić information content (AvgIpc) is 3.05. The lowest BCUT2D eigenvalue weighted by atomic mass is 9.61. The van der Waals surface area contributed by atoms with Gasteiger partial charge in [0, 0.05) is 11.0 Å². The Morgan fingerprint density at radius 1 is 1.21 bits per heavy atom. The van der Waals surface area contributed by atoms with Gasteiger partial charge in [0.05, 0.1) is 19.3 Å². The molecular weight excluding hydrogens is 300 g/mol. The van der Waals surface area contributed by atoms with E-state index in [1.165, 1.54) is 38.5 Å². The van der Waals surface area contributed by atoms with Gasteiger partial charge in [-0.2, -0.15) is 0 Å². The minimum absolute atomic E-state index is 0.181. The zero-order chi connectivity index (χ0) is 16.7. The molecule has 5 rings (SSSR count). The van der Waals surface area contributed by atoms with Crippen LogP contribution in [0.5, 0.6) is 5.75 Å². The Morgan fingerprint density at radius 2 is 1.92 bits per heavy atom. The van der Waals surface area contributed by atoms with Crippen LogP contribution in [-0.2, 0) is 16.0 Å². The predicted octanol–water partition coefficient (Wildman–Crippen LogP) is 4.46. The minimum atomic E-state index is -0.181. The fraction of sp³-hybridized carbons (Fsp3) is 0.571. The molecule has 0 aromatic heterocycles. The molecule has 0 radical (unpaired) electrons. The summed E-state index contributed by atoms with van der Waals surface area (Å²) < 4.78 is 11.4. The molecule has 0 spiro atoms. The number of ether oxygens (including phenoxy) is 2. The molecule has 0 unspecified atom stereocenters. The molecule has 3 fully saturated rings. The molecule has 3 saturated carbocycles. The lowest BCUT2D eigenvalue weighted by Crippen LogP contribution is -2.38. The number of benzene rings is 1. The molecule has 2 bridgehead atoms. The largest absolute Gasteiger partial charge is 0.496 e. The van der Waals surface area contributed by atoms with Crippen LogP contribution in [0.2, 0.25) is 0 Å². The quantitative estimate of drug-likeness (QED) is 0.767. The lowest BCUT2D eigenvalue weighted by Gasteiger charge is -2.46. The SMILES string of the molecule is COc1c(C)ccc2c1C(C(=O)OCC13CCC(CC1)CC3)=CC2. The molecule has 0 heterocycles. The van der Waals surface area contributed by atoms with Gasteiger partial charge in [-0.3, -0.25) is 0 Å². The monoisotopic (exact) mass is 326 g/mol. The first-order chi connectivity index (χ1) is 11.6. The third-order valence-electron chi connectivity index (χ3n) is 6.42. The predicted molar refractivity (Wildman–Crippen MR) is 94.0 cm³/mol. The Labute approximate surface area is 144 Å². The first-order valence-electron chi connectivity index (χ1n) is 9.16. The summed E-state index contributed by atoms with van der Waals surface area (Å²) in [5.41, 5.74) is 4.09. The number of fused-ring (bicyclic) bond motifs is 4. The Kier molecular flexibility index (Phi) is 3.90. The third-order valence-corrected chi connectivity index (χ3v) is 6.42. The van der Waals surface area contributed by atoms with Crippen LogP contribution in [0, 0.1) is 18.3 Å². The van der Waals surface area contributed by atoms with Gasteiger partial charge in [0.2, 0.25) is 0 Å². The second-order valence-corrected chi connectivity index (χ2v) is 7.83. The van der Waals surface area contributed by atoms with Crippen LogP contribution >= 0.6 is 0 Å². The molecule has 3 nitrogen and oxygen atoms in total. The molecule has 0 atom stereocenters. The van der Waals surface area contributed by atoms with Gasteiger partial charge in [0.15, 0.2) is 0 Å². The number of rotatable bonds is 4. The molecule has 4 aliphatic rings. The molecule has 1 aromatic rings. The molecule has 1 aromatic carbocycles. The number of esters is 1. The minimum Gasteiger partial charge on any atom is -0.496 e. The highest BCUT2D eigenvalue weighted by atomic mass is 16.5. The van der Waals surface area contributed by atoms with Gasteiger partial charge in [0.1, 0.15) is 5.75 Å². The highest BCUT2D eigenvalue weighted by Gasteiger charge is 2.41. The Bertz CT molecular complexity index is 680. The third kappa shape index (κ3) is 2.54. The first kappa shape index (κ1) is 15.7. The molecule has 0 amide bonds. The number of methoxy groups -OCH3 is 1. The second-order valence-electron chi connectivity index (χ2n) is 7.83. The smallest absolute Gasteiger partial charge is 0.338 e. The van der Waals surface area contributed by atoms with Crippen LogP contribution in [0.4, 0.5) is 0 Å². The number of aryl methyl sites for hydroxylation is 1. The Hall–Kier alpha value is -1.77. The maximum Gasteiger partial charge on any atom is 0.338 e. The molecule has 128 valence electrons. The number of carbonyl (C=O) groups excluding carboxylic acids is 1. The number of carbonyl (C=O) groups is 1. The lowest BCUT2D eigenvalue weighted by molar-refractivity contribution is -0.142. The van der Waals surface area contributed by atoms with E-state index in [0.29, 0.717) is 12.2 Å². The van der Waals surface area contributed by atoms with E-state index >= 15 is 0 Å². The summed E-state index contributed by atoms with van der Waals surface area (Å²) in [5.74, 6) is 1.56. The van der Waals surface area contributed by atoms with Crippen LogP contribution in [0.15, 0.2) is 18.2 Å². The summed E-state index contributed by atoms with van der Waals surface area (Å²) in [5, 5.41) is 0. The van der Waals surface area contributed by atoms with E-state index in [-0.39, 0.29) is 11.4 Å². The number of hydrogen-bond donors (Lipinski definition) is 0. The summed E-state index contributed by atoms with van der Waals surface area (Å²) in [4.78, 5) is 12.8. The van der Waals surface area contributed by atoms with Crippen molar-refractivity contribution in [2.75, 3.05) is 13.7 Å². The Morgan fingerprint density at radius 3 is 2.58 bits per heavy atom. The molecule has 0 saturated heterocycles. The maximum atomic E-state index is 12.8. The van der Waals surface area contributed by atoms with Crippen molar-refractivity contribution < 1.29 is 14.3 Å². The summed E-state index contributed by atoms with van der Waals surface area (Å²) >= 11 is 0. The highest BCUT2D eigenvalue weighted by molar-refractivity contribution is 6.19. The zero-order valence-corrected chi connectivity index (χ0v) is 14.7. The molecular formula is C21H26O3. The van der Waals surface area contributed by atoms with Gasteiger partial charge in [-0.15, -0.1) is 0 Å². The summed E-state index contributed by atoms with van der Waals surface area (Å²) in [6, 6.07) is 4.14. The van der Waals surface area contributed by atoms with Crippen LogP contribution in [0.3, 0.4) is 0 Å². The Balaban J connectivity index is 1.50. The average molecular weight is 326 g/mol. The van der Waals surface area contributed by atoms with Crippen molar-refractivity contribution in [3.8, 4) is 5.75 Å². The van der Waals surface area contributed by atoms with Crippen LogP contribution in [0.1, 0.15) is 55.2 Å². The van der Waals surface area contributed by atoms with Gasteiger partial charge < -0.3 is 9.47 Å².